The van der Waals surface area contributed by atoms with Crippen LogP contribution in [0.2, 0.25) is 0 Å². The van der Waals surface area contributed by atoms with E-state index in [9.17, 15) is 9.18 Å². The summed E-state index contributed by atoms with van der Waals surface area (Å²) in [6.07, 6.45) is 3.43. The lowest BCUT2D eigenvalue weighted by molar-refractivity contribution is 0.365. The van der Waals surface area contributed by atoms with E-state index in [-0.39, 0.29) is 33.2 Å². The number of H-pyrrole nitrogens is 1. The van der Waals surface area contributed by atoms with Gasteiger partial charge in [-0.1, -0.05) is 69.2 Å². The van der Waals surface area contributed by atoms with Crippen LogP contribution >= 0.6 is 0 Å². The van der Waals surface area contributed by atoms with Crippen LogP contribution in [-0.2, 0) is 21.7 Å². The molecule has 0 radical (unpaired) electrons. The maximum absolute atomic E-state index is 14.3. The third-order valence-electron chi connectivity index (χ3n) is 6.24. The minimum absolute atomic E-state index is 0.0534. The highest BCUT2D eigenvalue weighted by Crippen LogP contribution is 2.37. The van der Waals surface area contributed by atoms with Crippen molar-refractivity contribution in [3.05, 3.63) is 63.1 Å². The van der Waals surface area contributed by atoms with Crippen LogP contribution < -0.4 is 5.56 Å². The number of aromatic amines is 1. The van der Waals surface area contributed by atoms with Gasteiger partial charge in [0.1, 0.15) is 0 Å². The Morgan fingerprint density at radius 3 is 1.90 bits per heavy atom. The van der Waals surface area contributed by atoms with Gasteiger partial charge in [-0.3, -0.25) is 4.79 Å². The van der Waals surface area contributed by atoms with Crippen molar-refractivity contribution < 1.29 is 4.39 Å². The molecule has 0 aliphatic heterocycles. The smallest absolute Gasteiger partial charge is 0.248 e. The fourth-order valence-corrected chi connectivity index (χ4v) is 3.59. The highest BCUT2D eigenvalue weighted by atomic mass is 19.1. The van der Waals surface area contributed by atoms with Gasteiger partial charge in [-0.05, 0) is 52.3 Å². The minimum atomic E-state index is -0.390. The topological polar surface area (TPSA) is 45.8 Å². The normalized spacial score (nSPS) is 13.6. The molecule has 3 nitrogen and oxygen atoms in total. The van der Waals surface area contributed by atoms with Gasteiger partial charge >= 0.3 is 0 Å². The average molecular weight is 415 g/mol. The quantitative estimate of drug-likeness (QED) is 0.565. The zero-order valence-electron chi connectivity index (χ0n) is 20.5. The van der Waals surface area contributed by atoms with Crippen molar-refractivity contribution in [1.82, 2.24) is 9.97 Å². The average Bonchev–Trinajstić information content (AvgIpc) is 2.58. The van der Waals surface area contributed by atoms with Gasteiger partial charge < -0.3 is 4.98 Å². The zero-order chi connectivity index (χ0) is 23.1. The third kappa shape index (κ3) is 5.59. The fraction of sp³-hybridized carbons (Fsp3) is 0.615. The fourth-order valence-electron chi connectivity index (χ4n) is 3.59. The summed E-state index contributed by atoms with van der Waals surface area (Å²) in [6.45, 7) is 21.1. The first-order chi connectivity index (χ1) is 13.4. The predicted molar refractivity (Wildman–Crippen MR) is 124 cm³/mol. The van der Waals surface area contributed by atoms with Crippen molar-refractivity contribution in [3.63, 3.8) is 0 Å². The van der Waals surface area contributed by atoms with Crippen molar-refractivity contribution in [3.8, 4) is 0 Å². The summed E-state index contributed by atoms with van der Waals surface area (Å²) >= 11 is 0. The van der Waals surface area contributed by atoms with Gasteiger partial charge in [0.25, 0.3) is 0 Å². The van der Waals surface area contributed by atoms with Crippen LogP contribution in [0.5, 0.6) is 0 Å². The maximum atomic E-state index is 14.3. The Morgan fingerprint density at radius 2 is 1.37 bits per heavy atom. The Labute approximate surface area is 181 Å². The summed E-state index contributed by atoms with van der Waals surface area (Å²) in [6, 6.07) is 5.80. The van der Waals surface area contributed by atoms with Crippen molar-refractivity contribution in [2.75, 3.05) is 0 Å². The molecule has 30 heavy (non-hydrogen) atoms. The molecule has 1 N–H and O–H groups in total. The van der Waals surface area contributed by atoms with E-state index in [1.54, 1.807) is 12.3 Å². The second kappa shape index (κ2) is 7.94. The molecule has 0 unspecified atom stereocenters. The van der Waals surface area contributed by atoms with Gasteiger partial charge in [-0.15, -0.1) is 0 Å². The number of halogens is 1. The van der Waals surface area contributed by atoms with Crippen LogP contribution in [0.15, 0.2) is 29.2 Å². The molecule has 0 saturated carbocycles. The molecule has 0 saturated heterocycles. The SMILES string of the molecule is CC(C)(C)c1cc(C(C)(C)CCC(C)(C)c2cnc(F)c(C(C)(C)C)c2)[nH]c(=O)c1. The van der Waals surface area contributed by atoms with Gasteiger partial charge in [0.2, 0.25) is 11.5 Å². The van der Waals surface area contributed by atoms with Crippen molar-refractivity contribution in [2.45, 2.75) is 104 Å². The number of nitrogens with zero attached hydrogens (tertiary/aromatic N) is 1. The third-order valence-corrected chi connectivity index (χ3v) is 6.24. The van der Waals surface area contributed by atoms with E-state index in [4.69, 9.17) is 0 Å². The van der Waals surface area contributed by atoms with E-state index in [0.717, 1.165) is 29.7 Å². The first-order valence-corrected chi connectivity index (χ1v) is 10.9. The summed E-state index contributed by atoms with van der Waals surface area (Å²) in [5, 5.41) is 0. The Morgan fingerprint density at radius 1 is 0.800 bits per heavy atom. The Hall–Kier alpha value is -1.97. The number of nitrogens with one attached hydrogen (secondary N) is 1. The Bertz CT molecular complexity index is 956. The van der Waals surface area contributed by atoms with E-state index < -0.39 is 0 Å². The van der Waals surface area contributed by atoms with E-state index in [1.165, 1.54) is 0 Å². The zero-order valence-corrected chi connectivity index (χ0v) is 20.5. The van der Waals surface area contributed by atoms with Crippen LogP contribution in [0.1, 0.15) is 104 Å². The first kappa shape index (κ1) is 24.3. The van der Waals surface area contributed by atoms with Gasteiger partial charge in [0, 0.05) is 28.9 Å². The van der Waals surface area contributed by atoms with Crippen molar-refractivity contribution in [1.29, 1.82) is 0 Å². The molecular weight excluding hydrogens is 375 g/mol. The van der Waals surface area contributed by atoms with Crippen LogP contribution in [0.4, 0.5) is 4.39 Å². The standard InChI is InChI=1S/C26H39FN2O/c1-23(2,3)17-14-20(29-21(30)15-17)26(9,10)12-11-25(7,8)18-13-19(24(4,5)6)22(27)28-16-18/h13-16H,11-12H2,1-10H3,(H,29,30). The van der Waals surface area contributed by atoms with Crippen LogP contribution in [0.25, 0.3) is 0 Å². The molecule has 0 bridgehead atoms. The lowest BCUT2D eigenvalue weighted by Gasteiger charge is -2.33. The van der Waals surface area contributed by atoms with E-state index in [2.05, 4.69) is 64.5 Å². The number of rotatable bonds is 5. The van der Waals surface area contributed by atoms with E-state index in [1.807, 2.05) is 26.8 Å². The molecule has 0 fully saturated rings. The first-order valence-electron chi connectivity index (χ1n) is 10.9. The van der Waals surface area contributed by atoms with Gasteiger partial charge in [-0.25, -0.2) is 4.98 Å². The summed E-state index contributed by atoms with van der Waals surface area (Å²) < 4.78 is 14.3. The Balaban J connectivity index is 2.31. The molecule has 0 atom stereocenters. The van der Waals surface area contributed by atoms with E-state index in [0.29, 0.717) is 5.56 Å². The molecule has 2 aromatic heterocycles. The second-order valence-corrected chi connectivity index (χ2v) is 12.0. The molecule has 2 heterocycles. The number of aromatic nitrogens is 2. The monoisotopic (exact) mass is 414 g/mol. The molecule has 0 aliphatic rings. The van der Waals surface area contributed by atoms with E-state index >= 15 is 0 Å². The molecule has 0 amide bonds. The molecule has 0 aromatic carbocycles. The second-order valence-electron chi connectivity index (χ2n) is 12.0. The number of pyridine rings is 2. The highest BCUT2D eigenvalue weighted by molar-refractivity contribution is 5.31. The molecule has 2 rings (SSSR count). The molecule has 2 aromatic rings. The lowest BCUT2D eigenvalue weighted by atomic mass is 9.73. The molecule has 166 valence electrons. The molecule has 0 spiro atoms. The van der Waals surface area contributed by atoms with Gasteiger partial charge in [0.15, 0.2) is 0 Å². The summed E-state index contributed by atoms with van der Waals surface area (Å²) in [5.74, 6) is -0.390. The summed E-state index contributed by atoms with van der Waals surface area (Å²) in [5.41, 5.74) is 2.90. The van der Waals surface area contributed by atoms with Crippen LogP contribution in [0, 0.1) is 5.95 Å². The predicted octanol–water partition coefficient (Wildman–Crippen LogP) is 6.54. The van der Waals surface area contributed by atoms with Gasteiger partial charge in [0.05, 0.1) is 0 Å². The Kier molecular flexibility index (Phi) is 6.43. The molecule has 4 heteroatoms. The lowest BCUT2D eigenvalue weighted by Crippen LogP contribution is -2.29. The van der Waals surface area contributed by atoms with Crippen molar-refractivity contribution >= 4 is 0 Å². The highest BCUT2D eigenvalue weighted by Gasteiger charge is 2.30. The number of hydrogen-bond acceptors (Lipinski definition) is 2. The molecular formula is C26H39FN2O. The van der Waals surface area contributed by atoms with Gasteiger partial charge in [-0.2, -0.15) is 4.39 Å². The summed E-state index contributed by atoms with van der Waals surface area (Å²) in [4.78, 5) is 19.4. The number of hydrogen-bond donors (Lipinski definition) is 1. The van der Waals surface area contributed by atoms with Crippen LogP contribution in [0.3, 0.4) is 0 Å². The summed E-state index contributed by atoms with van der Waals surface area (Å²) in [7, 11) is 0. The minimum Gasteiger partial charge on any atom is -0.326 e. The largest absolute Gasteiger partial charge is 0.326 e. The molecule has 0 aliphatic carbocycles. The van der Waals surface area contributed by atoms with Crippen molar-refractivity contribution in [2.24, 2.45) is 0 Å². The maximum Gasteiger partial charge on any atom is 0.248 e. The van der Waals surface area contributed by atoms with Crippen LogP contribution in [-0.4, -0.2) is 9.97 Å².